The first-order valence-corrected chi connectivity index (χ1v) is 10.4. The predicted molar refractivity (Wildman–Crippen MR) is 123 cm³/mol. The van der Waals surface area contributed by atoms with Gasteiger partial charge in [-0.15, -0.1) is 0 Å². The second-order valence-electron chi connectivity index (χ2n) is 8.43. The summed E-state index contributed by atoms with van der Waals surface area (Å²) in [5.41, 5.74) is 4.98. The van der Waals surface area contributed by atoms with Gasteiger partial charge in [0.15, 0.2) is 0 Å². The third-order valence-electron chi connectivity index (χ3n) is 4.58. The summed E-state index contributed by atoms with van der Waals surface area (Å²) in [6.45, 7) is 10.1. The summed E-state index contributed by atoms with van der Waals surface area (Å²) in [4.78, 5) is 25.1. The number of amides is 2. The maximum atomic E-state index is 12.6. The largest absolute Gasteiger partial charge is 0.340 e. The van der Waals surface area contributed by atoms with Crippen LogP contribution in [0.4, 0.5) is 0 Å². The molecule has 0 radical (unpaired) electrons. The standard InChI is InChI=1S/C23H27Cl2N3O2/c1-14(2)20(27-21(29)16-8-11-18(24)19(25)12-16)22(30)28-26-13-15-6-9-17(10-7-15)23(3,4)5/h6-14,20H,1-5H3,(H,27,29)(H,28,30). The van der Waals surface area contributed by atoms with E-state index in [1.165, 1.54) is 11.6 Å². The number of carbonyl (C=O) groups is 2. The van der Waals surface area contributed by atoms with Gasteiger partial charge in [-0.1, -0.05) is 82.1 Å². The molecular weight excluding hydrogens is 421 g/mol. The number of nitrogens with zero attached hydrogens (tertiary/aromatic N) is 1. The zero-order chi connectivity index (χ0) is 22.5. The van der Waals surface area contributed by atoms with Gasteiger partial charge in [0, 0.05) is 5.56 Å². The van der Waals surface area contributed by atoms with Crippen LogP contribution in [0.5, 0.6) is 0 Å². The van der Waals surface area contributed by atoms with Crippen LogP contribution in [0.2, 0.25) is 10.0 Å². The second kappa shape index (κ2) is 10.1. The molecule has 5 nitrogen and oxygen atoms in total. The topological polar surface area (TPSA) is 70.6 Å². The smallest absolute Gasteiger partial charge is 0.262 e. The summed E-state index contributed by atoms with van der Waals surface area (Å²) < 4.78 is 0. The third kappa shape index (κ3) is 6.57. The number of hydrazone groups is 1. The monoisotopic (exact) mass is 447 g/mol. The average molecular weight is 448 g/mol. The Bertz CT molecular complexity index is 932. The lowest BCUT2D eigenvalue weighted by atomic mass is 9.87. The Hall–Kier alpha value is -2.37. The summed E-state index contributed by atoms with van der Waals surface area (Å²) in [5.74, 6) is -0.955. The highest BCUT2D eigenvalue weighted by molar-refractivity contribution is 6.42. The number of nitrogens with one attached hydrogen (secondary N) is 2. The molecule has 0 spiro atoms. The van der Waals surface area contributed by atoms with E-state index in [0.29, 0.717) is 10.6 Å². The minimum Gasteiger partial charge on any atom is -0.340 e. The molecule has 1 unspecified atom stereocenters. The number of hydrogen-bond donors (Lipinski definition) is 2. The minimum absolute atomic E-state index is 0.0703. The molecule has 0 aliphatic rings. The van der Waals surface area contributed by atoms with Crippen molar-refractivity contribution in [3.8, 4) is 0 Å². The van der Waals surface area contributed by atoms with Crippen molar-refractivity contribution in [2.24, 2.45) is 11.0 Å². The van der Waals surface area contributed by atoms with Crippen molar-refractivity contribution in [2.75, 3.05) is 0 Å². The van der Waals surface area contributed by atoms with Crippen LogP contribution in [0.15, 0.2) is 47.6 Å². The Labute approximate surface area is 187 Å². The second-order valence-corrected chi connectivity index (χ2v) is 9.24. The zero-order valence-electron chi connectivity index (χ0n) is 17.8. The van der Waals surface area contributed by atoms with Gasteiger partial charge in [-0.3, -0.25) is 9.59 Å². The first-order valence-electron chi connectivity index (χ1n) is 9.68. The number of halogens is 2. The molecule has 2 aromatic rings. The fourth-order valence-corrected chi connectivity index (χ4v) is 3.00. The highest BCUT2D eigenvalue weighted by Gasteiger charge is 2.24. The van der Waals surface area contributed by atoms with Crippen LogP contribution < -0.4 is 10.7 Å². The first kappa shape index (κ1) is 23.9. The average Bonchev–Trinajstić information content (AvgIpc) is 2.67. The van der Waals surface area contributed by atoms with Crippen LogP contribution in [0.3, 0.4) is 0 Å². The molecule has 160 valence electrons. The van der Waals surface area contributed by atoms with Gasteiger partial charge in [-0.2, -0.15) is 5.10 Å². The zero-order valence-corrected chi connectivity index (χ0v) is 19.3. The molecule has 2 N–H and O–H groups in total. The van der Waals surface area contributed by atoms with E-state index in [9.17, 15) is 9.59 Å². The van der Waals surface area contributed by atoms with Gasteiger partial charge in [-0.05, 0) is 40.7 Å². The summed E-state index contributed by atoms with van der Waals surface area (Å²) in [6.07, 6.45) is 1.57. The number of hydrogen-bond acceptors (Lipinski definition) is 3. The SMILES string of the molecule is CC(C)C(NC(=O)c1ccc(Cl)c(Cl)c1)C(=O)NN=Cc1ccc(C(C)(C)C)cc1. The molecule has 0 heterocycles. The van der Waals surface area contributed by atoms with Crippen molar-refractivity contribution in [3.05, 3.63) is 69.2 Å². The molecule has 30 heavy (non-hydrogen) atoms. The molecule has 0 saturated carbocycles. The number of benzene rings is 2. The van der Waals surface area contributed by atoms with Gasteiger partial charge >= 0.3 is 0 Å². The molecule has 0 aliphatic carbocycles. The quantitative estimate of drug-likeness (QED) is 0.471. The lowest BCUT2D eigenvalue weighted by Gasteiger charge is -2.20. The lowest BCUT2D eigenvalue weighted by molar-refractivity contribution is -0.123. The van der Waals surface area contributed by atoms with E-state index in [2.05, 4.69) is 36.6 Å². The van der Waals surface area contributed by atoms with Crippen molar-refractivity contribution < 1.29 is 9.59 Å². The molecule has 0 saturated heterocycles. The maximum Gasteiger partial charge on any atom is 0.262 e. The van der Waals surface area contributed by atoms with Gasteiger partial charge in [0.25, 0.3) is 11.8 Å². The van der Waals surface area contributed by atoms with E-state index in [1.807, 2.05) is 38.1 Å². The first-order chi connectivity index (χ1) is 14.0. The molecule has 0 bridgehead atoms. The Balaban J connectivity index is 2.02. The van der Waals surface area contributed by atoms with Crippen LogP contribution in [-0.2, 0) is 10.2 Å². The van der Waals surface area contributed by atoms with Crippen molar-refractivity contribution in [3.63, 3.8) is 0 Å². The maximum absolute atomic E-state index is 12.6. The van der Waals surface area contributed by atoms with Gasteiger partial charge in [0.1, 0.15) is 6.04 Å². The fourth-order valence-electron chi connectivity index (χ4n) is 2.71. The van der Waals surface area contributed by atoms with E-state index in [4.69, 9.17) is 23.2 Å². The Kier molecular flexibility index (Phi) is 8.04. The van der Waals surface area contributed by atoms with Crippen molar-refractivity contribution in [2.45, 2.75) is 46.1 Å². The van der Waals surface area contributed by atoms with E-state index in [-0.39, 0.29) is 16.4 Å². The number of carbonyl (C=O) groups excluding carboxylic acids is 2. The summed E-state index contributed by atoms with van der Waals surface area (Å²) in [7, 11) is 0. The normalized spacial score (nSPS) is 12.8. The molecule has 0 aliphatic heterocycles. The third-order valence-corrected chi connectivity index (χ3v) is 5.32. The predicted octanol–water partition coefficient (Wildman–Crippen LogP) is 5.20. The van der Waals surface area contributed by atoms with E-state index in [1.54, 1.807) is 18.3 Å². The molecule has 1 atom stereocenters. The van der Waals surface area contributed by atoms with Gasteiger partial charge in [0.2, 0.25) is 0 Å². The Morgan fingerprint density at radius 3 is 2.17 bits per heavy atom. The molecule has 2 amide bonds. The summed E-state index contributed by atoms with van der Waals surface area (Å²) in [6, 6.07) is 11.8. The van der Waals surface area contributed by atoms with E-state index < -0.39 is 17.9 Å². The van der Waals surface area contributed by atoms with Gasteiger partial charge in [-0.25, -0.2) is 5.43 Å². The molecule has 2 rings (SSSR count). The van der Waals surface area contributed by atoms with Crippen LogP contribution in [-0.4, -0.2) is 24.1 Å². The minimum atomic E-state index is -0.757. The van der Waals surface area contributed by atoms with Crippen LogP contribution >= 0.6 is 23.2 Å². The highest BCUT2D eigenvalue weighted by atomic mass is 35.5. The lowest BCUT2D eigenvalue weighted by Crippen LogP contribution is -2.48. The fraction of sp³-hybridized carbons (Fsp3) is 0.348. The van der Waals surface area contributed by atoms with Gasteiger partial charge < -0.3 is 5.32 Å². The molecule has 7 heteroatoms. The molecule has 0 aromatic heterocycles. The molecule has 0 fully saturated rings. The van der Waals surface area contributed by atoms with E-state index in [0.717, 1.165) is 5.56 Å². The van der Waals surface area contributed by atoms with Crippen molar-refractivity contribution in [1.82, 2.24) is 10.7 Å². The summed E-state index contributed by atoms with van der Waals surface area (Å²) in [5, 5.41) is 7.39. The van der Waals surface area contributed by atoms with Crippen molar-refractivity contribution >= 4 is 41.2 Å². The van der Waals surface area contributed by atoms with E-state index >= 15 is 0 Å². The van der Waals surface area contributed by atoms with Crippen LogP contribution in [0.1, 0.15) is 56.1 Å². The van der Waals surface area contributed by atoms with Crippen LogP contribution in [0, 0.1) is 5.92 Å². The molecular formula is C23H27Cl2N3O2. The van der Waals surface area contributed by atoms with Crippen molar-refractivity contribution in [1.29, 1.82) is 0 Å². The Morgan fingerprint density at radius 1 is 1.00 bits per heavy atom. The van der Waals surface area contributed by atoms with Crippen LogP contribution in [0.25, 0.3) is 0 Å². The Morgan fingerprint density at radius 2 is 1.63 bits per heavy atom. The molecule has 2 aromatic carbocycles. The number of rotatable bonds is 6. The highest BCUT2D eigenvalue weighted by Crippen LogP contribution is 2.23. The summed E-state index contributed by atoms with van der Waals surface area (Å²) >= 11 is 11.9. The van der Waals surface area contributed by atoms with Gasteiger partial charge in [0.05, 0.1) is 16.3 Å².